The third-order valence-corrected chi connectivity index (χ3v) is 4.68. The van der Waals surface area contributed by atoms with E-state index < -0.39 is 11.7 Å². The summed E-state index contributed by atoms with van der Waals surface area (Å²) in [4.78, 5) is 17.9. The summed E-state index contributed by atoms with van der Waals surface area (Å²) in [7, 11) is 0. The molecule has 0 bridgehead atoms. The Balaban J connectivity index is 1.47. The number of hydrogen-bond donors (Lipinski definition) is 1. The van der Waals surface area contributed by atoms with Crippen molar-refractivity contribution < 1.29 is 18.0 Å². The predicted octanol–water partition coefficient (Wildman–Crippen LogP) is 3.30. The van der Waals surface area contributed by atoms with Crippen LogP contribution < -0.4 is 10.2 Å². The standard InChI is InChI=1S/C20H19F3N4O/c21-20(22,23)16-6-7-18(25-12-16)27-10-9-17(13-27)26-19(28)8-5-14-1-3-15(11-24)4-2-14/h1-4,6-7,12,17H,5,8-10,13H2,(H,26,28)/t17-/m0/s1. The molecule has 1 saturated heterocycles. The Labute approximate surface area is 160 Å². The van der Waals surface area contributed by atoms with Crippen molar-refractivity contribution in [2.45, 2.75) is 31.5 Å². The molecule has 0 aliphatic carbocycles. The summed E-state index contributed by atoms with van der Waals surface area (Å²) < 4.78 is 37.9. The van der Waals surface area contributed by atoms with E-state index in [-0.39, 0.29) is 11.9 Å². The van der Waals surface area contributed by atoms with Gasteiger partial charge in [0.25, 0.3) is 0 Å². The van der Waals surface area contributed by atoms with E-state index >= 15 is 0 Å². The quantitative estimate of drug-likeness (QED) is 0.853. The predicted molar refractivity (Wildman–Crippen MR) is 97.5 cm³/mol. The monoisotopic (exact) mass is 388 g/mol. The van der Waals surface area contributed by atoms with Crippen LogP contribution in [-0.4, -0.2) is 30.0 Å². The van der Waals surface area contributed by atoms with E-state index in [2.05, 4.69) is 16.4 Å². The Hall–Kier alpha value is -3.08. The molecule has 1 atom stereocenters. The highest BCUT2D eigenvalue weighted by molar-refractivity contribution is 5.76. The highest BCUT2D eigenvalue weighted by Crippen LogP contribution is 2.29. The molecule has 1 amide bonds. The van der Waals surface area contributed by atoms with Crippen LogP contribution in [0.25, 0.3) is 0 Å². The molecule has 146 valence electrons. The van der Waals surface area contributed by atoms with Gasteiger partial charge in [-0.3, -0.25) is 4.79 Å². The molecular formula is C20H19F3N4O. The van der Waals surface area contributed by atoms with Crippen LogP contribution in [0.2, 0.25) is 0 Å². The van der Waals surface area contributed by atoms with Crippen molar-refractivity contribution in [3.8, 4) is 6.07 Å². The largest absolute Gasteiger partial charge is 0.417 e. The minimum Gasteiger partial charge on any atom is -0.354 e. The Bertz CT molecular complexity index is 857. The lowest BCUT2D eigenvalue weighted by Gasteiger charge is -2.18. The van der Waals surface area contributed by atoms with E-state index in [1.165, 1.54) is 6.07 Å². The number of aromatic nitrogens is 1. The number of alkyl halides is 3. The van der Waals surface area contributed by atoms with Crippen LogP contribution in [0.1, 0.15) is 29.5 Å². The lowest BCUT2D eigenvalue weighted by Crippen LogP contribution is -2.37. The number of halogens is 3. The van der Waals surface area contributed by atoms with Crippen LogP contribution in [0.15, 0.2) is 42.6 Å². The van der Waals surface area contributed by atoms with Crippen LogP contribution in [0, 0.1) is 11.3 Å². The van der Waals surface area contributed by atoms with Crippen LogP contribution in [0.5, 0.6) is 0 Å². The van der Waals surface area contributed by atoms with Crippen molar-refractivity contribution in [3.63, 3.8) is 0 Å². The maximum absolute atomic E-state index is 12.6. The van der Waals surface area contributed by atoms with Gasteiger partial charge in [-0.15, -0.1) is 0 Å². The third-order valence-electron chi connectivity index (χ3n) is 4.68. The minimum atomic E-state index is -4.40. The summed E-state index contributed by atoms with van der Waals surface area (Å²) in [6, 6.07) is 11.5. The molecule has 0 spiro atoms. The van der Waals surface area contributed by atoms with Crippen LogP contribution in [-0.2, 0) is 17.4 Å². The first-order valence-electron chi connectivity index (χ1n) is 8.92. The zero-order valence-corrected chi connectivity index (χ0v) is 15.0. The van der Waals surface area contributed by atoms with E-state index in [0.29, 0.717) is 43.7 Å². The highest BCUT2D eigenvalue weighted by atomic mass is 19.4. The molecule has 28 heavy (non-hydrogen) atoms. The number of carbonyl (C=O) groups is 1. The Morgan fingerprint density at radius 3 is 2.61 bits per heavy atom. The molecule has 1 aliphatic heterocycles. The molecule has 0 saturated carbocycles. The van der Waals surface area contributed by atoms with E-state index in [0.717, 1.165) is 17.8 Å². The molecule has 5 nitrogen and oxygen atoms in total. The number of pyridine rings is 1. The van der Waals surface area contributed by atoms with Crippen molar-refractivity contribution in [1.29, 1.82) is 5.26 Å². The lowest BCUT2D eigenvalue weighted by molar-refractivity contribution is -0.137. The Morgan fingerprint density at radius 1 is 1.25 bits per heavy atom. The molecule has 2 aromatic rings. The molecule has 3 rings (SSSR count). The van der Waals surface area contributed by atoms with Crippen molar-refractivity contribution in [1.82, 2.24) is 10.3 Å². The smallest absolute Gasteiger partial charge is 0.354 e. The normalized spacial score (nSPS) is 16.6. The number of amides is 1. The highest BCUT2D eigenvalue weighted by Gasteiger charge is 2.31. The number of hydrogen-bond acceptors (Lipinski definition) is 4. The lowest BCUT2D eigenvalue weighted by atomic mass is 10.1. The van der Waals surface area contributed by atoms with E-state index in [1.807, 2.05) is 17.0 Å². The number of carbonyl (C=O) groups excluding carboxylic acids is 1. The first-order valence-corrected chi connectivity index (χ1v) is 8.92. The molecule has 0 unspecified atom stereocenters. The van der Waals surface area contributed by atoms with Crippen LogP contribution >= 0.6 is 0 Å². The zero-order valence-electron chi connectivity index (χ0n) is 15.0. The molecule has 1 aromatic heterocycles. The number of nitrogens with zero attached hydrogens (tertiary/aromatic N) is 3. The first-order chi connectivity index (χ1) is 13.3. The van der Waals surface area contributed by atoms with Gasteiger partial charge in [0.1, 0.15) is 5.82 Å². The fourth-order valence-electron chi connectivity index (χ4n) is 3.13. The van der Waals surface area contributed by atoms with Crippen LogP contribution in [0.3, 0.4) is 0 Å². The SMILES string of the molecule is N#Cc1ccc(CCC(=O)N[C@H]2CCN(c3ccc(C(F)(F)F)cn3)C2)cc1. The second-order valence-corrected chi connectivity index (χ2v) is 6.71. The van der Waals surface area contributed by atoms with Crippen molar-refractivity contribution in [3.05, 3.63) is 59.3 Å². The van der Waals surface area contributed by atoms with Gasteiger partial charge in [-0.1, -0.05) is 12.1 Å². The number of rotatable bonds is 5. The fraction of sp³-hybridized carbons (Fsp3) is 0.350. The summed E-state index contributed by atoms with van der Waals surface area (Å²) in [5, 5.41) is 11.8. The van der Waals surface area contributed by atoms with Crippen molar-refractivity contribution >= 4 is 11.7 Å². The molecule has 1 aromatic carbocycles. The molecular weight excluding hydrogens is 369 g/mol. The van der Waals surface area contributed by atoms with Gasteiger partial charge in [0.05, 0.1) is 17.2 Å². The second-order valence-electron chi connectivity index (χ2n) is 6.71. The van der Waals surface area contributed by atoms with Gasteiger partial charge in [0.2, 0.25) is 5.91 Å². The van der Waals surface area contributed by atoms with E-state index in [4.69, 9.17) is 5.26 Å². The number of nitriles is 1. The molecule has 8 heteroatoms. The topological polar surface area (TPSA) is 69.0 Å². The minimum absolute atomic E-state index is 0.0578. The summed E-state index contributed by atoms with van der Waals surface area (Å²) in [6.07, 6.45) is -1.94. The van der Waals surface area contributed by atoms with Gasteiger partial charge in [-0.05, 0) is 42.7 Å². The van der Waals surface area contributed by atoms with Gasteiger partial charge in [-0.2, -0.15) is 18.4 Å². The molecule has 1 aliphatic rings. The number of anilines is 1. The van der Waals surface area contributed by atoms with E-state index in [9.17, 15) is 18.0 Å². The molecule has 0 radical (unpaired) electrons. The second kappa shape index (κ2) is 8.30. The van der Waals surface area contributed by atoms with Crippen molar-refractivity contribution in [2.24, 2.45) is 0 Å². The van der Waals surface area contributed by atoms with Crippen LogP contribution in [0.4, 0.5) is 19.0 Å². The Morgan fingerprint density at radius 2 is 2.00 bits per heavy atom. The Kier molecular flexibility index (Phi) is 5.83. The van der Waals surface area contributed by atoms with Gasteiger partial charge < -0.3 is 10.2 Å². The maximum Gasteiger partial charge on any atom is 0.417 e. The summed E-state index contributed by atoms with van der Waals surface area (Å²) in [5.74, 6) is 0.402. The summed E-state index contributed by atoms with van der Waals surface area (Å²) >= 11 is 0. The van der Waals surface area contributed by atoms with E-state index in [1.54, 1.807) is 12.1 Å². The number of aryl methyl sites for hydroxylation is 1. The molecule has 1 fully saturated rings. The van der Waals surface area contributed by atoms with Gasteiger partial charge in [-0.25, -0.2) is 4.98 Å². The average molecular weight is 388 g/mol. The number of benzene rings is 1. The molecule has 1 N–H and O–H groups in total. The van der Waals surface area contributed by atoms with Gasteiger partial charge in [0, 0.05) is 31.7 Å². The third kappa shape index (κ3) is 5.00. The van der Waals surface area contributed by atoms with Crippen molar-refractivity contribution in [2.75, 3.05) is 18.0 Å². The first kappa shape index (κ1) is 19.7. The summed E-state index contributed by atoms with van der Waals surface area (Å²) in [5.41, 5.74) is 0.787. The summed E-state index contributed by atoms with van der Waals surface area (Å²) in [6.45, 7) is 1.14. The van der Waals surface area contributed by atoms with Gasteiger partial charge >= 0.3 is 6.18 Å². The average Bonchev–Trinajstić information content (AvgIpc) is 3.14. The zero-order chi connectivity index (χ0) is 20.1. The van der Waals surface area contributed by atoms with Gasteiger partial charge in [0.15, 0.2) is 0 Å². The fourth-order valence-corrected chi connectivity index (χ4v) is 3.13. The molecule has 2 heterocycles. The number of nitrogens with one attached hydrogen (secondary N) is 1. The maximum atomic E-state index is 12.6.